The number of rotatable bonds is 3. The number of esters is 1. The van der Waals surface area contributed by atoms with Crippen LogP contribution in [-0.2, 0) is 10.2 Å². The van der Waals surface area contributed by atoms with Gasteiger partial charge in [0.15, 0.2) is 6.33 Å². The van der Waals surface area contributed by atoms with Gasteiger partial charge in [-0.25, -0.2) is 14.8 Å². The van der Waals surface area contributed by atoms with E-state index < -0.39 is 0 Å². The van der Waals surface area contributed by atoms with Crippen molar-refractivity contribution in [2.45, 2.75) is 25.2 Å². The summed E-state index contributed by atoms with van der Waals surface area (Å²) in [6.45, 7) is 4.10. The molecule has 5 heteroatoms. The maximum Gasteiger partial charge on any atom is 0.341 e. The molecule has 2 unspecified atom stereocenters. The SMILES string of the molecule is CCOC(=O)c1cn[c]nc1C12CNCCC1C2. The molecule has 2 fully saturated rings. The Labute approximate surface area is 106 Å². The number of nitrogens with zero attached hydrogens (tertiary/aromatic N) is 2. The number of nitrogens with one attached hydrogen (secondary N) is 1. The van der Waals surface area contributed by atoms with Crippen LogP contribution in [0.25, 0.3) is 0 Å². The second-order valence-electron chi connectivity index (χ2n) is 4.98. The highest BCUT2D eigenvalue weighted by molar-refractivity contribution is 5.90. The molecule has 1 aliphatic heterocycles. The van der Waals surface area contributed by atoms with Crippen LogP contribution in [0.4, 0.5) is 0 Å². The average molecular weight is 246 g/mol. The van der Waals surface area contributed by atoms with E-state index in [1.165, 1.54) is 6.20 Å². The van der Waals surface area contributed by atoms with Gasteiger partial charge in [0.1, 0.15) is 5.56 Å². The zero-order valence-corrected chi connectivity index (χ0v) is 10.4. The van der Waals surface area contributed by atoms with Crippen LogP contribution in [0.2, 0.25) is 0 Å². The maximum absolute atomic E-state index is 11.9. The first-order chi connectivity index (χ1) is 8.78. The predicted molar refractivity (Wildman–Crippen MR) is 64.1 cm³/mol. The van der Waals surface area contributed by atoms with Gasteiger partial charge in [-0.2, -0.15) is 0 Å². The largest absolute Gasteiger partial charge is 0.462 e. The van der Waals surface area contributed by atoms with Crippen LogP contribution in [0.3, 0.4) is 0 Å². The van der Waals surface area contributed by atoms with E-state index >= 15 is 0 Å². The first-order valence-electron chi connectivity index (χ1n) is 6.39. The normalized spacial score (nSPS) is 29.5. The summed E-state index contributed by atoms with van der Waals surface area (Å²) in [4.78, 5) is 20.0. The van der Waals surface area contributed by atoms with Crippen molar-refractivity contribution in [2.24, 2.45) is 5.92 Å². The number of aromatic nitrogens is 2. The summed E-state index contributed by atoms with van der Waals surface area (Å²) in [6, 6.07) is 0. The van der Waals surface area contributed by atoms with E-state index in [9.17, 15) is 4.79 Å². The Hall–Kier alpha value is -1.49. The lowest BCUT2D eigenvalue weighted by atomic mass is 9.91. The molecular weight excluding hydrogens is 230 g/mol. The van der Waals surface area contributed by atoms with Crippen LogP contribution in [-0.4, -0.2) is 35.6 Å². The molecular formula is C13H16N3O2. The summed E-state index contributed by atoms with van der Waals surface area (Å²) in [6.07, 6.45) is 6.38. The molecule has 0 amide bonds. The van der Waals surface area contributed by atoms with Crippen molar-refractivity contribution in [1.82, 2.24) is 15.3 Å². The Balaban J connectivity index is 1.95. The lowest BCUT2D eigenvalue weighted by Crippen LogP contribution is -2.36. The quantitative estimate of drug-likeness (QED) is 0.796. The van der Waals surface area contributed by atoms with E-state index in [0.717, 1.165) is 31.6 Å². The molecule has 2 aliphatic rings. The predicted octanol–water partition coefficient (Wildman–Crippen LogP) is 0.704. The van der Waals surface area contributed by atoms with Crippen molar-refractivity contribution < 1.29 is 9.53 Å². The van der Waals surface area contributed by atoms with Crippen LogP contribution < -0.4 is 5.32 Å². The van der Waals surface area contributed by atoms with Gasteiger partial charge >= 0.3 is 5.97 Å². The van der Waals surface area contributed by atoms with E-state index in [1.54, 1.807) is 6.92 Å². The van der Waals surface area contributed by atoms with E-state index in [0.29, 0.717) is 18.1 Å². The molecule has 5 nitrogen and oxygen atoms in total. The second kappa shape index (κ2) is 4.31. The molecule has 1 saturated heterocycles. The highest BCUT2D eigenvalue weighted by Gasteiger charge is 2.58. The molecule has 2 heterocycles. The fourth-order valence-electron chi connectivity index (χ4n) is 2.97. The Morgan fingerprint density at radius 3 is 3.39 bits per heavy atom. The topological polar surface area (TPSA) is 64.1 Å². The Morgan fingerprint density at radius 1 is 1.72 bits per heavy atom. The lowest BCUT2D eigenvalue weighted by molar-refractivity contribution is 0.0522. The monoisotopic (exact) mass is 246 g/mol. The number of carbonyl (C=O) groups is 1. The minimum Gasteiger partial charge on any atom is -0.462 e. The third-order valence-electron chi connectivity index (χ3n) is 3.98. The van der Waals surface area contributed by atoms with Gasteiger partial charge < -0.3 is 10.1 Å². The van der Waals surface area contributed by atoms with Crippen molar-refractivity contribution in [3.63, 3.8) is 0 Å². The van der Waals surface area contributed by atoms with Crippen LogP contribution >= 0.6 is 0 Å². The van der Waals surface area contributed by atoms with Crippen molar-refractivity contribution in [3.8, 4) is 0 Å². The first-order valence-corrected chi connectivity index (χ1v) is 6.39. The standard InChI is InChI=1S/C13H16N3O2/c1-2-18-12(17)10-6-15-8-16-11(10)13-5-9(13)3-4-14-7-13/h6,9,14H,2-5,7H2,1H3. The van der Waals surface area contributed by atoms with E-state index in [1.807, 2.05) is 0 Å². The van der Waals surface area contributed by atoms with Crippen molar-refractivity contribution in [1.29, 1.82) is 0 Å². The van der Waals surface area contributed by atoms with Crippen molar-refractivity contribution in [3.05, 3.63) is 23.8 Å². The molecule has 18 heavy (non-hydrogen) atoms. The fraction of sp³-hybridized carbons (Fsp3) is 0.615. The molecule has 1 aromatic rings. The van der Waals surface area contributed by atoms with Gasteiger partial charge in [0.2, 0.25) is 0 Å². The molecule has 0 aromatic carbocycles. The van der Waals surface area contributed by atoms with Crippen LogP contribution in [0.1, 0.15) is 35.8 Å². The van der Waals surface area contributed by atoms with Gasteiger partial charge in [-0.3, -0.25) is 0 Å². The van der Waals surface area contributed by atoms with Gasteiger partial charge in [-0.15, -0.1) is 0 Å². The lowest BCUT2D eigenvalue weighted by Gasteiger charge is -2.23. The third kappa shape index (κ3) is 1.70. The Kier molecular flexibility index (Phi) is 2.78. The van der Waals surface area contributed by atoms with Gasteiger partial charge in [0.05, 0.1) is 12.3 Å². The van der Waals surface area contributed by atoms with Crippen molar-refractivity contribution >= 4 is 5.97 Å². The number of hydrogen-bond acceptors (Lipinski definition) is 5. The number of fused-ring (bicyclic) bond motifs is 1. The van der Waals surface area contributed by atoms with E-state index in [-0.39, 0.29) is 11.4 Å². The summed E-state index contributed by atoms with van der Waals surface area (Å²) in [5, 5.41) is 3.39. The number of ether oxygens (including phenoxy) is 1. The molecule has 0 bridgehead atoms. The smallest absolute Gasteiger partial charge is 0.341 e. The molecule has 3 rings (SSSR count). The van der Waals surface area contributed by atoms with Crippen LogP contribution in [0.15, 0.2) is 6.20 Å². The van der Waals surface area contributed by atoms with Crippen LogP contribution in [0, 0.1) is 12.2 Å². The van der Waals surface area contributed by atoms with Gasteiger partial charge in [-0.1, -0.05) is 0 Å². The third-order valence-corrected chi connectivity index (χ3v) is 3.98. The molecule has 1 N–H and O–H groups in total. The van der Waals surface area contributed by atoms with Gasteiger partial charge in [-0.05, 0) is 32.2 Å². The minimum absolute atomic E-state index is 0.0137. The second-order valence-corrected chi connectivity index (χ2v) is 4.98. The molecule has 0 spiro atoms. The number of carbonyl (C=O) groups excluding carboxylic acids is 1. The van der Waals surface area contributed by atoms with Gasteiger partial charge in [0, 0.05) is 18.2 Å². The van der Waals surface area contributed by atoms with E-state index in [2.05, 4.69) is 21.6 Å². The zero-order chi connectivity index (χ0) is 12.6. The maximum atomic E-state index is 11.9. The Bertz CT molecular complexity index is 477. The number of hydrogen-bond donors (Lipinski definition) is 1. The summed E-state index contributed by atoms with van der Waals surface area (Å²) < 4.78 is 5.07. The molecule has 1 aliphatic carbocycles. The van der Waals surface area contributed by atoms with Gasteiger partial charge in [0.25, 0.3) is 0 Å². The molecule has 1 aromatic heterocycles. The molecule has 1 saturated carbocycles. The zero-order valence-electron chi connectivity index (χ0n) is 10.4. The molecule has 2 atom stereocenters. The summed E-state index contributed by atoms with van der Waals surface area (Å²) in [7, 11) is 0. The highest BCUT2D eigenvalue weighted by Crippen LogP contribution is 2.57. The molecule has 95 valence electrons. The first kappa shape index (κ1) is 11.6. The number of piperidine rings is 1. The minimum atomic E-state index is -0.327. The summed E-state index contributed by atoms with van der Waals surface area (Å²) >= 11 is 0. The Morgan fingerprint density at radius 2 is 2.61 bits per heavy atom. The van der Waals surface area contributed by atoms with E-state index in [4.69, 9.17) is 4.74 Å². The van der Waals surface area contributed by atoms with Crippen molar-refractivity contribution in [2.75, 3.05) is 19.7 Å². The summed E-state index contributed by atoms with van der Waals surface area (Å²) in [5.74, 6) is 0.308. The molecule has 1 radical (unpaired) electrons. The summed E-state index contributed by atoms with van der Waals surface area (Å²) in [5.41, 5.74) is 1.33. The highest BCUT2D eigenvalue weighted by atomic mass is 16.5. The average Bonchev–Trinajstić information content (AvgIpc) is 3.14. The fourth-order valence-corrected chi connectivity index (χ4v) is 2.97. The van der Waals surface area contributed by atoms with Crippen LogP contribution in [0.5, 0.6) is 0 Å².